The number of nitrogens with zero attached hydrogens (tertiary/aromatic N) is 1. The van der Waals surface area contributed by atoms with E-state index >= 15 is 0 Å². The van der Waals surface area contributed by atoms with Gasteiger partial charge in [0, 0.05) is 17.8 Å². The normalized spacial score (nSPS) is 19.6. The number of likely N-dealkylation sites (tertiary alicyclic amines) is 1. The fourth-order valence-corrected chi connectivity index (χ4v) is 2.65. The summed E-state index contributed by atoms with van der Waals surface area (Å²) in [6.07, 6.45) is 2.41. The molecule has 0 bridgehead atoms. The highest BCUT2D eigenvalue weighted by atomic mass is 16.2. The number of anilines is 1. The maximum atomic E-state index is 12.0. The minimum absolute atomic E-state index is 0.00551. The van der Waals surface area contributed by atoms with Crippen molar-refractivity contribution in [2.24, 2.45) is 5.92 Å². The van der Waals surface area contributed by atoms with E-state index in [-0.39, 0.29) is 11.7 Å². The van der Waals surface area contributed by atoms with Gasteiger partial charge in [0.2, 0.25) is 5.91 Å². The first kappa shape index (κ1) is 14.7. The third-order valence-corrected chi connectivity index (χ3v) is 3.66. The van der Waals surface area contributed by atoms with E-state index < -0.39 is 0 Å². The molecule has 0 aliphatic carbocycles. The Morgan fingerprint density at radius 3 is 2.90 bits per heavy atom. The van der Waals surface area contributed by atoms with E-state index in [1.165, 1.54) is 13.3 Å². The zero-order valence-corrected chi connectivity index (χ0v) is 12.2. The molecule has 1 saturated heterocycles. The predicted molar refractivity (Wildman–Crippen MR) is 79.9 cm³/mol. The summed E-state index contributed by atoms with van der Waals surface area (Å²) in [6.45, 7) is 6.15. The summed E-state index contributed by atoms with van der Waals surface area (Å²) >= 11 is 0. The molecule has 2 rings (SSSR count). The zero-order chi connectivity index (χ0) is 14.5. The molecule has 20 heavy (non-hydrogen) atoms. The third kappa shape index (κ3) is 4.17. The fraction of sp³-hybridized carbons (Fsp3) is 0.500. The minimum Gasteiger partial charge on any atom is -0.325 e. The first-order valence-corrected chi connectivity index (χ1v) is 7.18. The molecule has 1 aliphatic rings. The highest BCUT2D eigenvalue weighted by molar-refractivity contribution is 5.97. The van der Waals surface area contributed by atoms with Gasteiger partial charge in [0.05, 0.1) is 6.54 Å². The average molecular weight is 274 g/mol. The Hall–Kier alpha value is -1.68. The van der Waals surface area contributed by atoms with Crippen LogP contribution in [-0.2, 0) is 4.79 Å². The van der Waals surface area contributed by atoms with E-state index in [1.54, 1.807) is 18.2 Å². The summed E-state index contributed by atoms with van der Waals surface area (Å²) in [7, 11) is 0. The van der Waals surface area contributed by atoms with Crippen LogP contribution < -0.4 is 5.32 Å². The molecule has 4 nitrogen and oxygen atoms in total. The maximum Gasteiger partial charge on any atom is 0.238 e. The molecule has 4 heteroatoms. The Morgan fingerprint density at radius 2 is 2.20 bits per heavy atom. The lowest BCUT2D eigenvalue weighted by Crippen LogP contribution is -2.39. The van der Waals surface area contributed by atoms with Crippen molar-refractivity contribution in [3.63, 3.8) is 0 Å². The number of rotatable bonds is 4. The van der Waals surface area contributed by atoms with Crippen molar-refractivity contribution < 1.29 is 9.59 Å². The van der Waals surface area contributed by atoms with Gasteiger partial charge in [-0.05, 0) is 44.4 Å². The quantitative estimate of drug-likeness (QED) is 0.858. The lowest BCUT2D eigenvalue weighted by molar-refractivity contribution is -0.117. The Balaban J connectivity index is 1.91. The van der Waals surface area contributed by atoms with Crippen molar-refractivity contribution in [1.82, 2.24) is 4.90 Å². The zero-order valence-electron chi connectivity index (χ0n) is 12.2. The summed E-state index contributed by atoms with van der Waals surface area (Å²) in [5.41, 5.74) is 1.31. The second kappa shape index (κ2) is 6.66. The highest BCUT2D eigenvalue weighted by Crippen LogP contribution is 2.15. The predicted octanol–water partition coefficient (Wildman–Crippen LogP) is 2.56. The van der Waals surface area contributed by atoms with Gasteiger partial charge in [-0.25, -0.2) is 0 Å². The summed E-state index contributed by atoms with van der Waals surface area (Å²) in [6, 6.07) is 7.07. The molecule has 1 aromatic carbocycles. The van der Waals surface area contributed by atoms with Gasteiger partial charge >= 0.3 is 0 Å². The Bertz CT molecular complexity index is 499. The number of benzene rings is 1. The SMILES string of the molecule is CC(=O)c1cccc(NC(=O)CN2CCC[C@H](C)C2)c1. The van der Waals surface area contributed by atoms with Crippen molar-refractivity contribution in [2.45, 2.75) is 26.7 Å². The Morgan fingerprint density at radius 1 is 1.40 bits per heavy atom. The van der Waals surface area contributed by atoms with Crippen LogP contribution in [0, 0.1) is 5.92 Å². The molecule has 1 heterocycles. The van der Waals surface area contributed by atoms with Crippen LogP contribution in [0.4, 0.5) is 5.69 Å². The number of hydrogen-bond donors (Lipinski definition) is 1. The van der Waals surface area contributed by atoms with Crippen LogP contribution in [0.3, 0.4) is 0 Å². The summed E-state index contributed by atoms with van der Waals surface area (Å²) in [5.74, 6) is 0.656. The van der Waals surface area contributed by atoms with E-state index in [9.17, 15) is 9.59 Å². The van der Waals surface area contributed by atoms with Gasteiger partial charge in [0.1, 0.15) is 0 Å². The first-order valence-electron chi connectivity index (χ1n) is 7.18. The molecular weight excluding hydrogens is 252 g/mol. The number of carbonyl (C=O) groups excluding carboxylic acids is 2. The molecule has 1 N–H and O–H groups in total. The van der Waals surface area contributed by atoms with Crippen LogP contribution >= 0.6 is 0 Å². The van der Waals surface area contributed by atoms with Gasteiger partial charge in [0.25, 0.3) is 0 Å². The number of piperidine rings is 1. The molecule has 1 fully saturated rings. The molecular formula is C16H22N2O2. The Labute approximate surface area is 120 Å². The van der Waals surface area contributed by atoms with E-state index in [4.69, 9.17) is 0 Å². The monoisotopic (exact) mass is 274 g/mol. The molecule has 0 saturated carbocycles. The standard InChI is InChI=1S/C16H22N2O2/c1-12-5-4-8-18(10-12)11-16(20)17-15-7-3-6-14(9-15)13(2)19/h3,6-7,9,12H,4-5,8,10-11H2,1-2H3,(H,17,20)/t12-/m0/s1. The average Bonchev–Trinajstić information content (AvgIpc) is 2.38. The second-order valence-electron chi connectivity index (χ2n) is 5.67. The van der Waals surface area contributed by atoms with E-state index in [0.717, 1.165) is 19.5 Å². The fourth-order valence-electron chi connectivity index (χ4n) is 2.65. The van der Waals surface area contributed by atoms with Gasteiger partial charge < -0.3 is 5.32 Å². The summed E-state index contributed by atoms with van der Waals surface area (Å²) < 4.78 is 0. The van der Waals surface area contributed by atoms with Gasteiger partial charge in [-0.2, -0.15) is 0 Å². The van der Waals surface area contributed by atoms with Crippen LogP contribution in [0.15, 0.2) is 24.3 Å². The van der Waals surface area contributed by atoms with Gasteiger partial charge in [-0.1, -0.05) is 19.1 Å². The van der Waals surface area contributed by atoms with Crippen molar-refractivity contribution >= 4 is 17.4 Å². The van der Waals surface area contributed by atoms with Crippen molar-refractivity contribution in [1.29, 1.82) is 0 Å². The van der Waals surface area contributed by atoms with Gasteiger partial charge in [0.15, 0.2) is 5.78 Å². The van der Waals surface area contributed by atoms with E-state index in [2.05, 4.69) is 17.1 Å². The molecule has 0 aromatic heterocycles. The number of ketones is 1. The van der Waals surface area contributed by atoms with Crippen LogP contribution in [0.25, 0.3) is 0 Å². The van der Waals surface area contributed by atoms with Gasteiger partial charge in [-0.3, -0.25) is 14.5 Å². The maximum absolute atomic E-state index is 12.0. The third-order valence-electron chi connectivity index (χ3n) is 3.66. The Kier molecular flexibility index (Phi) is 4.90. The number of Topliss-reactive ketones (excluding diaryl/α,β-unsaturated/α-hetero) is 1. The molecule has 0 radical (unpaired) electrons. The van der Waals surface area contributed by atoms with Crippen molar-refractivity contribution in [3.05, 3.63) is 29.8 Å². The molecule has 1 aliphatic heterocycles. The number of hydrogen-bond acceptors (Lipinski definition) is 3. The van der Waals surface area contributed by atoms with Crippen LogP contribution in [0.5, 0.6) is 0 Å². The highest BCUT2D eigenvalue weighted by Gasteiger charge is 2.18. The molecule has 1 atom stereocenters. The minimum atomic E-state index is -0.0141. The van der Waals surface area contributed by atoms with Gasteiger partial charge in [-0.15, -0.1) is 0 Å². The smallest absolute Gasteiger partial charge is 0.238 e. The second-order valence-corrected chi connectivity index (χ2v) is 5.67. The molecule has 108 valence electrons. The first-order chi connectivity index (χ1) is 9.54. The lowest BCUT2D eigenvalue weighted by Gasteiger charge is -2.30. The van der Waals surface area contributed by atoms with Crippen LogP contribution in [-0.4, -0.2) is 36.2 Å². The molecule has 0 spiro atoms. The largest absolute Gasteiger partial charge is 0.325 e. The van der Waals surface area contributed by atoms with Crippen molar-refractivity contribution in [3.8, 4) is 0 Å². The molecule has 1 aromatic rings. The number of carbonyl (C=O) groups is 2. The molecule has 1 amide bonds. The van der Waals surface area contributed by atoms with E-state index in [1.807, 2.05) is 6.07 Å². The van der Waals surface area contributed by atoms with Crippen LogP contribution in [0.2, 0.25) is 0 Å². The van der Waals surface area contributed by atoms with Crippen LogP contribution in [0.1, 0.15) is 37.0 Å². The topological polar surface area (TPSA) is 49.4 Å². The van der Waals surface area contributed by atoms with E-state index in [0.29, 0.717) is 23.7 Å². The lowest BCUT2D eigenvalue weighted by atomic mass is 10.0. The van der Waals surface area contributed by atoms with Crippen molar-refractivity contribution in [2.75, 3.05) is 25.0 Å². The summed E-state index contributed by atoms with van der Waals surface area (Å²) in [4.78, 5) is 25.5. The summed E-state index contributed by atoms with van der Waals surface area (Å²) in [5, 5.41) is 2.87. The number of amides is 1. The number of nitrogens with one attached hydrogen (secondary N) is 1. The molecule has 0 unspecified atom stereocenters.